The molecule has 0 aromatic heterocycles. The molecule has 6 nitrogen and oxygen atoms in total. The zero-order valence-electron chi connectivity index (χ0n) is 15.0. The van der Waals surface area contributed by atoms with Crippen molar-refractivity contribution in [2.75, 3.05) is 37.4 Å². The van der Waals surface area contributed by atoms with Crippen LogP contribution in [-0.2, 0) is 9.59 Å². The maximum atomic E-state index is 12.4. The molecule has 2 rings (SSSR count). The highest BCUT2D eigenvalue weighted by atomic mass is 16.5. The quantitative estimate of drug-likeness (QED) is 0.833. The summed E-state index contributed by atoms with van der Waals surface area (Å²) < 4.78 is 5.73. The summed E-state index contributed by atoms with van der Waals surface area (Å²) in [5.41, 5.74) is 1.45. The van der Waals surface area contributed by atoms with Gasteiger partial charge in [-0.05, 0) is 39.6 Å². The molecule has 0 saturated heterocycles. The van der Waals surface area contributed by atoms with Gasteiger partial charge in [-0.2, -0.15) is 0 Å². The minimum atomic E-state index is -0.522. The molecule has 1 aromatic rings. The van der Waals surface area contributed by atoms with Crippen LogP contribution in [0.1, 0.15) is 33.1 Å². The Morgan fingerprint density at radius 1 is 1.38 bits per heavy atom. The van der Waals surface area contributed by atoms with Gasteiger partial charge >= 0.3 is 0 Å². The van der Waals surface area contributed by atoms with Gasteiger partial charge in [0.25, 0.3) is 5.91 Å². The zero-order valence-corrected chi connectivity index (χ0v) is 15.0. The third-order valence-corrected chi connectivity index (χ3v) is 3.98. The third kappa shape index (κ3) is 4.47. The Morgan fingerprint density at radius 3 is 2.79 bits per heavy atom. The number of rotatable bonds is 7. The van der Waals surface area contributed by atoms with E-state index in [1.165, 1.54) is 0 Å². The smallest absolute Gasteiger partial charge is 0.267 e. The summed E-state index contributed by atoms with van der Waals surface area (Å²) in [5, 5.41) is 2.89. The molecule has 1 heterocycles. The van der Waals surface area contributed by atoms with E-state index in [9.17, 15) is 9.59 Å². The number of nitrogens with zero attached hydrogens (tertiary/aromatic N) is 2. The predicted octanol–water partition coefficient (Wildman–Crippen LogP) is 2.49. The van der Waals surface area contributed by atoms with E-state index in [1.807, 2.05) is 31.1 Å². The molecular weight excluding hydrogens is 306 g/mol. The maximum Gasteiger partial charge on any atom is 0.267 e. The van der Waals surface area contributed by atoms with Crippen LogP contribution in [0, 0.1) is 0 Å². The predicted molar refractivity (Wildman–Crippen MR) is 95.6 cm³/mol. The minimum absolute atomic E-state index is 0.00111. The van der Waals surface area contributed by atoms with Gasteiger partial charge in [0.1, 0.15) is 5.75 Å². The molecular formula is C18H27N3O3. The third-order valence-electron chi connectivity index (χ3n) is 3.98. The van der Waals surface area contributed by atoms with Crippen molar-refractivity contribution in [1.82, 2.24) is 4.90 Å². The summed E-state index contributed by atoms with van der Waals surface area (Å²) in [6.45, 7) is 5.18. The lowest BCUT2D eigenvalue weighted by Gasteiger charge is -2.34. The van der Waals surface area contributed by atoms with E-state index in [-0.39, 0.29) is 11.8 Å². The van der Waals surface area contributed by atoms with Crippen molar-refractivity contribution in [2.24, 2.45) is 0 Å². The summed E-state index contributed by atoms with van der Waals surface area (Å²) in [6.07, 6.45) is 1.85. The normalized spacial score (nSPS) is 16.8. The van der Waals surface area contributed by atoms with Crippen LogP contribution in [0.15, 0.2) is 18.2 Å². The second-order valence-corrected chi connectivity index (χ2v) is 6.39. The number of hydrogen-bond donors (Lipinski definition) is 1. The molecule has 1 aromatic carbocycles. The zero-order chi connectivity index (χ0) is 17.7. The molecule has 0 spiro atoms. The number of benzene rings is 1. The molecule has 0 radical (unpaired) electrons. The van der Waals surface area contributed by atoms with E-state index >= 15 is 0 Å². The number of nitrogens with one attached hydrogen (secondary N) is 1. The molecule has 0 bridgehead atoms. The second kappa shape index (κ2) is 8.15. The Kier molecular flexibility index (Phi) is 6.20. The van der Waals surface area contributed by atoms with Crippen LogP contribution in [-0.4, -0.2) is 50.0 Å². The van der Waals surface area contributed by atoms with Crippen LogP contribution in [0.2, 0.25) is 0 Å². The van der Waals surface area contributed by atoms with Crippen LogP contribution in [0.4, 0.5) is 11.4 Å². The number of ether oxygens (including phenoxy) is 1. The fraction of sp³-hybridized carbons (Fsp3) is 0.556. The van der Waals surface area contributed by atoms with Crippen molar-refractivity contribution in [3.05, 3.63) is 18.2 Å². The van der Waals surface area contributed by atoms with E-state index < -0.39 is 6.10 Å². The molecule has 1 N–H and O–H groups in total. The fourth-order valence-electron chi connectivity index (χ4n) is 2.58. The lowest BCUT2D eigenvalue weighted by Crippen LogP contribution is -2.46. The number of amides is 2. The number of likely N-dealkylation sites (N-methyl/N-ethyl adjacent to an activating group) is 1. The lowest BCUT2D eigenvalue weighted by molar-refractivity contribution is -0.125. The summed E-state index contributed by atoms with van der Waals surface area (Å²) in [7, 11) is 3.95. The first-order valence-corrected chi connectivity index (χ1v) is 8.49. The molecule has 6 heteroatoms. The first-order valence-electron chi connectivity index (χ1n) is 8.49. The number of unbranched alkanes of at least 4 members (excludes halogenated alkanes) is 1. The first-order chi connectivity index (χ1) is 11.4. The van der Waals surface area contributed by atoms with E-state index in [1.54, 1.807) is 17.9 Å². The Balaban J connectivity index is 2.16. The largest absolute Gasteiger partial charge is 0.479 e. The number of hydrogen-bond acceptors (Lipinski definition) is 4. The van der Waals surface area contributed by atoms with Gasteiger partial charge in [0.15, 0.2) is 6.10 Å². The average molecular weight is 333 g/mol. The highest BCUT2D eigenvalue weighted by Gasteiger charge is 2.31. The van der Waals surface area contributed by atoms with Gasteiger partial charge in [0, 0.05) is 31.3 Å². The van der Waals surface area contributed by atoms with Gasteiger partial charge in [-0.3, -0.25) is 9.59 Å². The van der Waals surface area contributed by atoms with Gasteiger partial charge in [-0.1, -0.05) is 13.3 Å². The van der Waals surface area contributed by atoms with Gasteiger partial charge in [-0.25, -0.2) is 0 Å². The van der Waals surface area contributed by atoms with E-state index in [2.05, 4.69) is 12.2 Å². The molecule has 132 valence electrons. The van der Waals surface area contributed by atoms with Crippen LogP contribution in [0.3, 0.4) is 0 Å². The summed E-state index contributed by atoms with van der Waals surface area (Å²) >= 11 is 0. The van der Waals surface area contributed by atoms with Crippen molar-refractivity contribution >= 4 is 23.2 Å². The highest BCUT2D eigenvalue weighted by Crippen LogP contribution is 2.36. The number of carbonyl (C=O) groups is 2. The Hall–Kier alpha value is -2.08. The van der Waals surface area contributed by atoms with Gasteiger partial charge in [-0.15, -0.1) is 0 Å². The molecule has 0 saturated carbocycles. The summed E-state index contributed by atoms with van der Waals surface area (Å²) in [5.74, 6) is 0.597. The fourth-order valence-corrected chi connectivity index (χ4v) is 2.58. The standard InChI is InChI=1S/C18H27N3O3/c1-5-6-7-17(22)19-14-8-9-15-16(12-14)24-13(2)18(23)21(15)11-10-20(3)4/h8-9,12-13H,5-7,10-11H2,1-4H3,(H,19,22). The van der Waals surface area contributed by atoms with Gasteiger partial charge in [0.05, 0.1) is 5.69 Å². The molecule has 1 aliphatic rings. The van der Waals surface area contributed by atoms with Crippen molar-refractivity contribution < 1.29 is 14.3 Å². The van der Waals surface area contributed by atoms with Crippen molar-refractivity contribution in [1.29, 1.82) is 0 Å². The van der Waals surface area contributed by atoms with Crippen molar-refractivity contribution in [2.45, 2.75) is 39.2 Å². The van der Waals surface area contributed by atoms with Crippen molar-refractivity contribution in [3.8, 4) is 5.75 Å². The lowest BCUT2D eigenvalue weighted by atomic mass is 10.1. The minimum Gasteiger partial charge on any atom is -0.479 e. The number of carbonyl (C=O) groups excluding carboxylic acids is 2. The van der Waals surface area contributed by atoms with Crippen LogP contribution in [0.5, 0.6) is 5.75 Å². The Morgan fingerprint density at radius 2 is 2.12 bits per heavy atom. The molecule has 1 aliphatic heterocycles. The molecule has 1 atom stereocenters. The average Bonchev–Trinajstić information content (AvgIpc) is 2.53. The van der Waals surface area contributed by atoms with Crippen LogP contribution < -0.4 is 15.0 Å². The topological polar surface area (TPSA) is 61.9 Å². The van der Waals surface area contributed by atoms with Gasteiger partial charge < -0.3 is 19.9 Å². The summed E-state index contributed by atoms with van der Waals surface area (Å²) in [6, 6.07) is 5.45. The molecule has 1 unspecified atom stereocenters. The number of anilines is 2. The maximum absolute atomic E-state index is 12.4. The van der Waals surface area contributed by atoms with Gasteiger partial charge in [0.2, 0.25) is 5.91 Å². The van der Waals surface area contributed by atoms with E-state index in [0.29, 0.717) is 24.4 Å². The molecule has 24 heavy (non-hydrogen) atoms. The number of fused-ring (bicyclic) bond motifs is 1. The van der Waals surface area contributed by atoms with E-state index in [4.69, 9.17) is 4.74 Å². The second-order valence-electron chi connectivity index (χ2n) is 6.39. The molecule has 0 aliphatic carbocycles. The van der Waals surface area contributed by atoms with Crippen LogP contribution >= 0.6 is 0 Å². The monoisotopic (exact) mass is 333 g/mol. The Labute approximate surface area is 143 Å². The van der Waals surface area contributed by atoms with Crippen LogP contribution in [0.25, 0.3) is 0 Å². The molecule has 2 amide bonds. The van der Waals surface area contributed by atoms with E-state index in [0.717, 1.165) is 25.1 Å². The SMILES string of the molecule is CCCCC(=O)Nc1ccc2c(c1)OC(C)C(=O)N2CCN(C)C. The molecule has 0 fully saturated rings. The van der Waals surface area contributed by atoms with Crippen molar-refractivity contribution in [3.63, 3.8) is 0 Å². The summed E-state index contributed by atoms with van der Waals surface area (Å²) in [4.78, 5) is 28.1. The Bertz CT molecular complexity index is 601. The first kappa shape index (κ1) is 18.3. The highest BCUT2D eigenvalue weighted by molar-refractivity contribution is 6.00.